The lowest BCUT2D eigenvalue weighted by Crippen LogP contribution is -2.33. The van der Waals surface area contributed by atoms with E-state index in [2.05, 4.69) is 37.7 Å². The molecule has 0 bridgehead atoms. The Morgan fingerprint density at radius 2 is 2.00 bits per heavy atom. The van der Waals surface area contributed by atoms with E-state index < -0.39 is 0 Å². The third kappa shape index (κ3) is 3.35. The number of aromatic nitrogens is 1. The van der Waals surface area contributed by atoms with E-state index in [0.717, 1.165) is 12.2 Å². The molecule has 0 aliphatic carbocycles. The molecule has 1 aromatic heterocycles. The van der Waals surface area contributed by atoms with Crippen molar-refractivity contribution in [2.24, 2.45) is 5.92 Å². The van der Waals surface area contributed by atoms with Gasteiger partial charge in [-0.25, -0.2) is 4.98 Å². The predicted molar refractivity (Wildman–Crippen MR) is 69.4 cm³/mol. The van der Waals surface area contributed by atoms with Crippen molar-refractivity contribution in [3.05, 3.63) is 22.8 Å². The van der Waals surface area contributed by atoms with E-state index in [9.17, 15) is 0 Å². The first-order chi connectivity index (χ1) is 7.41. The number of hydrogen-bond acceptors (Lipinski definition) is 3. The second-order valence-corrected chi connectivity index (χ2v) is 4.97. The van der Waals surface area contributed by atoms with Gasteiger partial charge in [-0.2, -0.15) is 0 Å². The van der Waals surface area contributed by atoms with Crippen molar-refractivity contribution in [3.8, 4) is 0 Å². The van der Waals surface area contributed by atoms with E-state index in [1.807, 2.05) is 0 Å². The summed E-state index contributed by atoms with van der Waals surface area (Å²) < 4.78 is 0. The first-order valence-electron chi connectivity index (χ1n) is 5.53. The fraction of sp³-hybridized carbons (Fsp3) is 0.583. The average Bonchev–Trinajstić information content (AvgIpc) is 2.22. The molecule has 1 atom stereocenters. The standard InChI is InChI=1S/C12H20ClN3/c1-8(2)9(3)16(4)7-11-10(13)5-6-12(14)15-11/h5-6,8-9H,7H2,1-4H3,(H2,14,15). The van der Waals surface area contributed by atoms with Crippen LogP contribution in [0.1, 0.15) is 26.5 Å². The van der Waals surface area contributed by atoms with Gasteiger partial charge in [0.2, 0.25) is 0 Å². The largest absolute Gasteiger partial charge is 0.384 e. The van der Waals surface area contributed by atoms with Gasteiger partial charge < -0.3 is 5.73 Å². The molecule has 1 rings (SSSR count). The summed E-state index contributed by atoms with van der Waals surface area (Å²) in [5.74, 6) is 1.12. The number of rotatable bonds is 4. The number of nitrogens with two attached hydrogens (primary N) is 1. The van der Waals surface area contributed by atoms with Crippen molar-refractivity contribution in [1.82, 2.24) is 9.88 Å². The third-order valence-corrected chi connectivity index (χ3v) is 3.34. The lowest BCUT2D eigenvalue weighted by atomic mass is 10.1. The van der Waals surface area contributed by atoms with Crippen LogP contribution in [0.4, 0.5) is 5.82 Å². The van der Waals surface area contributed by atoms with Crippen LogP contribution in [-0.2, 0) is 6.54 Å². The topological polar surface area (TPSA) is 42.2 Å². The average molecular weight is 242 g/mol. The number of anilines is 1. The molecule has 4 heteroatoms. The van der Waals surface area contributed by atoms with E-state index >= 15 is 0 Å². The predicted octanol–water partition coefficient (Wildman–Crippen LogP) is 2.79. The Balaban J connectivity index is 2.76. The summed E-state index contributed by atoms with van der Waals surface area (Å²) >= 11 is 6.08. The fourth-order valence-electron chi connectivity index (χ4n) is 1.50. The molecule has 0 aliphatic rings. The number of hydrogen-bond donors (Lipinski definition) is 1. The summed E-state index contributed by atoms with van der Waals surface area (Å²) in [7, 11) is 2.08. The normalized spacial score (nSPS) is 13.4. The van der Waals surface area contributed by atoms with Gasteiger partial charge in [-0.05, 0) is 32.0 Å². The first-order valence-corrected chi connectivity index (χ1v) is 5.90. The molecule has 1 heterocycles. The van der Waals surface area contributed by atoms with Crippen LogP contribution in [0, 0.1) is 5.92 Å². The molecule has 2 N–H and O–H groups in total. The van der Waals surface area contributed by atoms with Gasteiger partial charge in [0.1, 0.15) is 5.82 Å². The minimum absolute atomic E-state index is 0.485. The van der Waals surface area contributed by atoms with Crippen LogP contribution in [0.5, 0.6) is 0 Å². The molecule has 1 aromatic rings. The number of nitrogens with zero attached hydrogens (tertiary/aromatic N) is 2. The third-order valence-electron chi connectivity index (χ3n) is 3.00. The monoisotopic (exact) mass is 241 g/mol. The molecule has 0 aliphatic heterocycles. The van der Waals surface area contributed by atoms with Gasteiger partial charge in [-0.15, -0.1) is 0 Å². The van der Waals surface area contributed by atoms with Crippen molar-refractivity contribution in [2.75, 3.05) is 12.8 Å². The Hall–Kier alpha value is -0.800. The zero-order chi connectivity index (χ0) is 12.3. The Kier molecular flexibility index (Phi) is 4.56. The summed E-state index contributed by atoms with van der Waals surface area (Å²) in [6, 6.07) is 4.00. The highest BCUT2D eigenvalue weighted by molar-refractivity contribution is 6.31. The van der Waals surface area contributed by atoms with Gasteiger partial charge in [0, 0.05) is 12.6 Å². The van der Waals surface area contributed by atoms with E-state index in [1.165, 1.54) is 0 Å². The molecule has 16 heavy (non-hydrogen) atoms. The summed E-state index contributed by atoms with van der Waals surface area (Å²) in [5.41, 5.74) is 6.49. The molecule has 0 saturated heterocycles. The lowest BCUT2D eigenvalue weighted by Gasteiger charge is -2.27. The molecular formula is C12H20ClN3. The second-order valence-electron chi connectivity index (χ2n) is 4.56. The zero-order valence-corrected chi connectivity index (χ0v) is 11.1. The minimum Gasteiger partial charge on any atom is -0.384 e. The van der Waals surface area contributed by atoms with Crippen LogP contribution in [-0.4, -0.2) is 23.0 Å². The molecule has 3 nitrogen and oxygen atoms in total. The van der Waals surface area contributed by atoms with Gasteiger partial charge in [0.15, 0.2) is 0 Å². The number of pyridine rings is 1. The molecule has 0 aromatic carbocycles. The molecule has 0 saturated carbocycles. The molecular weight excluding hydrogens is 222 g/mol. The Morgan fingerprint density at radius 3 is 2.56 bits per heavy atom. The van der Waals surface area contributed by atoms with Crippen molar-refractivity contribution >= 4 is 17.4 Å². The van der Waals surface area contributed by atoms with Gasteiger partial charge in [0.05, 0.1) is 10.7 Å². The summed E-state index contributed by atoms with van der Waals surface area (Å²) in [6.07, 6.45) is 0. The van der Waals surface area contributed by atoms with Gasteiger partial charge >= 0.3 is 0 Å². The van der Waals surface area contributed by atoms with Crippen LogP contribution in [0.2, 0.25) is 5.02 Å². The molecule has 0 fully saturated rings. The molecule has 0 amide bonds. The van der Waals surface area contributed by atoms with Crippen LogP contribution < -0.4 is 5.73 Å². The van der Waals surface area contributed by atoms with E-state index in [4.69, 9.17) is 17.3 Å². The van der Waals surface area contributed by atoms with E-state index in [-0.39, 0.29) is 0 Å². The lowest BCUT2D eigenvalue weighted by molar-refractivity contribution is 0.198. The summed E-state index contributed by atoms with van der Waals surface area (Å²) in [6.45, 7) is 7.33. The molecule has 90 valence electrons. The van der Waals surface area contributed by atoms with Crippen LogP contribution in [0.25, 0.3) is 0 Å². The Morgan fingerprint density at radius 1 is 1.38 bits per heavy atom. The summed E-state index contributed by atoms with van der Waals surface area (Å²) in [4.78, 5) is 6.49. The van der Waals surface area contributed by atoms with Gasteiger partial charge in [-0.3, -0.25) is 4.90 Å². The second kappa shape index (κ2) is 5.51. The highest BCUT2D eigenvalue weighted by Gasteiger charge is 2.15. The number of nitrogen functional groups attached to an aromatic ring is 1. The minimum atomic E-state index is 0.485. The van der Waals surface area contributed by atoms with Crippen molar-refractivity contribution in [2.45, 2.75) is 33.4 Å². The Bertz CT molecular complexity index is 352. The molecule has 0 radical (unpaired) electrons. The van der Waals surface area contributed by atoms with E-state index in [0.29, 0.717) is 22.8 Å². The maximum Gasteiger partial charge on any atom is 0.123 e. The van der Waals surface area contributed by atoms with Gasteiger partial charge in [-0.1, -0.05) is 25.4 Å². The number of halogens is 1. The SMILES string of the molecule is CC(C)C(C)N(C)Cc1nc(N)ccc1Cl. The van der Waals surface area contributed by atoms with Crippen molar-refractivity contribution < 1.29 is 0 Å². The van der Waals surface area contributed by atoms with Gasteiger partial charge in [0.25, 0.3) is 0 Å². The van der Waals surface area contributed by atoms with E-state index in [1.54, 1.807) is 12.1 Å². The quantitative estimate of drug-likeness (QED) is 0.882. The molecule has 0 spiro atoms. The highest BCUT2D eigenvalue weighted by Crippen LogP contribution is 2.18. The van der Waals surface area contributed by atoms with Crippen molar-refractivity contribution in [3.63, 3.8) is 0 Å². The fourth-order valence-corrected chi connectivity index (χ4v) is 1.67. The Labute approximate surface area is 103 Å². The maximum atomic E-state index is 6.08. The smallest absolute Gasteiger partial charge is 0.123 e. The highest BCUT2D eigenvalue weighted by atomic mass is 35.5. The van der Waals surface area contributed by atoms with Crippen LogP contribution in [0.3, 0.4) is 0 Å². The maximum absolute atomic E-state index is 6.08. The molecule has 1 unspecified atom stereocenters. The summed E-state index contributed by atoms with van der Waals surface area (Å²) in [5, 5.41) is 0.678. The first kappa shape index (κ1) is 13.3. The zero-order valence-electron chi connectivity index (χ0n) is 10.4. The van der Waals surface area contributed by atoms with Crippen LogP contribution >= 0.6 is 11.6 Å². The van der Waals surface area contributed by atoms with Crippen molar-refractivity contribution in [1.29, 1.82) is 0 Å². The van der Waals surface area contributed by atoms with Crippen LogP contribution in [0.15, 0.2) is 12.1 Å².